The van der Waals surface area contributed by atoms with Crippen molar-refractivity contribution in [3.63, 3.8) is 0 Å². The van der Waals surface area contributed by atoms with Crippen LogP contribution in [0.15, 0.2) is 52.4 Å². The maximum atomic E-state index is 13.2. The number of aliphatic hydroxyl groups is 5. The molecule has 1 unspecified atom stereocenters. The first kappa shape index (κ1) is 44.8. The molecule has 1 amide bonds. The average molecular weight is 864 g/mol. The van der Waals surface area contributed by atoms with Gasteiger partial charge in [-0.3, -0.25) is 18.1 Å². The number of nitrogen functional groups attached to an aromatic ring is 1. The summed E-state index contributed by atoms with van der Waals surface area (Å²) in [4.78, 5) is 50.9. The molecule has 27 heteroatoms. The number of aryl methyl sites for hydroxylation is 1. The molecule has 11 atom stereocenters. The van der Waals surface area contributed by atoms with Crippen molar-refractivity contribution in [3.8, 4) is 0 Å². The van der Waals surface area contributed by atoms with Crippen molar-refractivity contribution in [2.24, 2.45) is 0 Å². The summed E-state index contributed by atoms with van der Waals surface area (Å²) in [6.45, 7) is 0.852. The van der Waals surface area contributed by atoms with E-state index in [4.69, 9.17) is 28.4 Å². The van der Waals surface area contributed by atoms with Crippen LogP contribution in [0.2, 0.25) is 0 Å². The first-order valence-corrected chi connectivity index (χ1v) is 20.1. The number of carbonyl (C=O) groups excluding carboxylic acids is 1. The molecule has 58 heavy (non-hydrogen) atoms. The lowest BCUT2D eigenvalue weighted by molar-refractivity contribution is -0.288. The molecular formula is C31H42N7O18PS. The Balaban J connectivity index is 1.25. The molecule has 5 rings (SSSR count). The number of nitrogens with two attached hydrogens (primary N) is 1. The van der Waals surface area contributed by atoms with E-state index in [9.17, 15) is 62.9 Å². The minimum absolute atomic E-state index is 0.0544. The lowest BCUT2D eigenvalue weighted by Gasteiger charge is -2.46. The van der Waals surface area contributed by atoms with E-state index < -0.39 is 116 Å². The summed E-state index contributed by atoms with van der Waals surface area (Å²) in [5, 5.41) is 74.3. The van der Waals surface area contributed by atoms with Gasteiger partial charge in [0.05, 0.1) is 42.5 Å². The van der Waals surface area contributed by atoms with Gasteiger partial charge in [0.25, 0.3) is 15.9 Å². The summed E-state index contributed by atoms with van der Waals surface area (Å²) in [7, 11) is -9.70. The number of carboxylic acids is 1. The second-order valence-electron chi connectivity index (χ2n) is 13.4. The number of nitrogens with zero attached hydrogens (tertiary/aromatic N) is 5. The fraction of sp³-hybridized carbons (Fsp3) is 0.548. The summed E-state index contributed by atoms with van der Waals surface area (Å²) in [6, 6.07) is 5.53. The number of carboxylic acid groups (broad SMARTS) is 1. The molecule has 0 spiro atoms. The number of phosphoric ester groups is 1. The molecule has 0 bridgehead atoms. The van der Waals surface area contributed by atoms with Crippen molar-refractivity contribution in [2.75, 3.05) is 18.9 Å². The number of benzene rings is 1. The predicted octanol–water partition coefficient (Wildman–Crippen LogP) is -3.72. The quantitative estimate of drug-likeness (QED) is 0.0465. The van der Waals surface area contributed by atoms with Crippen LogP contribution >= 0.6 is 7.82 Å². The maximum Gasteiger partial charge on any atom is 0.475 e. The summed E-state index contributed by atoms with van der Waals surface area (Å²) < 4.78 is 65.7. The Labute approximate surface area is 328 Å². The van der Waals surface area contributed by atoms with Gasteiger partial charge in [-0.25, -0.2) is 23.4 Å². The number of aliphatic hydroxyl groups excluding tert-OH is 5. The summed E-state index contributed by atoms with van der Waals surface area (Å²) in [5.74, 6) is -6.35. The Morgan fingerprint density at radius 2 is 1.84 bits per heavy atom. The van der Waals surface area contributed by atoms with Crippen molar-refractivity contribution in [3.05, 3.63) is 64.5 Å². The van der Waals surface area contributed by atoms with E-state index >= 15 is 0 Å². The van der Waals surface area contributed by atoms with E-state index in [1.165, 1.54) is 24.4 Å². The van der Waals surface area contributed by atoms with Gasteiger partial charge in [-0.05, 0) is 25.1 Å². The molecule has 1 aromatic carbocycles. The molecule has 2 saturated heterocycles. The van der Waals surface area contributed by atoms with Crippen LogP contribution in [0, 0.1) is 6.92 Å². The largest absolute Gasteiger partial charge is 0.477 e. The van der Waals surface area contributed by atoms with Crippen molar-refractivity contribution in [2.45, 2.75) is 98.9 Å². The second-order valence-corrected chi connectivity index (χ2v) is 16.4. The highest BCUT2D eigenvalue weighted by atomic mass is 32.2. The molecule has 2 fully saturated rings. The molecule has 4 heterocycles. The average Bonchev–Trinajstić information content (AvgIpc) is 3.70. The van der Waals surface area contributed by atoms with Crippen molar-refractivity contribution in [1.29, 1.82) is 0 Å². The number of amides is 1. The fourth-order valence-corrected chi connectivity index (χ4v) is 7.94. The molecule has 320 valence electrons. The van der Waals surface area contributed by atoms with Crippen molar-refractivity contribution in [1.82, 2.24) is 29.9 Å². The minimum Gasteiger partial charge on any atom is -0.477 e. The molecule has 10 N–H and O–H groups in total. The molecule has 0 saturated carbocycles. The minimum atomic E-state index is -5.62. The van der Waals surface area contributed by atoms with E-state index in [2.05, 4.69) is 20.6 Å². The highest BCUT2D eigenvalue weighted by Crippen LogP contribution is 2.51. The number of carbonyl (C=O) groups is 2. The summed E-state index contributed by atoms with van der Waals surface area (Å²) in [6.07, 6.45) is -13.8. The van der Waals surface area contributed by atoms with E-state index in [1.807, 2.05) is 0 Å². The zero-order chi connectivity index (χ0) is 42.7. The van der Waals surface area contributed by atoms with Crippen LogP contribution in [0.25, 0.3) is 0 Å². The summed E-state index contributed by atoms with van der Waals surface area (Å²) in [5.41, 5.74) is 5.54. The Hall–Kier alpha value is -4.28. The van der Waals surface area contributed by atoms with Gasteiger partial charge < -0.3 is 56.1 Å². The van der Waals surface area contributed by atoms with E-state index in [0.29, 0.717) is 0 Å². The fourth-order valence-electron chi connectivity index (χ4n) is 6.08. The smallest absolute Gasteiger partial charge is 0.475 e. The third-order valence-electron chi connectivity index (χ3n) is 8.99. The number of anilines is 1. The van der Waals surface area contributed by atoms with Gasteiger partial charge in [-0.15, -0.1) is 5.10 Å². The number of nitrogens with one attached hydrogen (secondary N) is 1. The topological polar surface area (TPSA) is 377 Å². The molecule has 0 radical (unpaired) electrons. The monoisotopic (exact) mass is 863 g/mol. The molecule has 2 aliphatic rings. The van der Waals surface area contributed by atoms with Gasteiger partial charge in [0, 0.05) is 32.2 Å². The lowest BCUT2D eigenvalue weighted by Crippen LogP contribution is -2.67. The Kier molecular flexibility index (Phi) is 13.8. The SMILES string of the molecule is CC(=O)N[C@H]1[C@H]([C@H](O)[C@H](O)Cn2cc(CCOS(=O)(=O)c3ccc(C)cc3)nn2)O[C@](OP(=O)(O)OC[C@H]2O[C@@H](n3ccc(N)nc3=O)[C@H](O)[C@@H]2O)(C(=O)O)C[C@@H]1O. The number of ether oxygens (including phenoxy) is 2. The first-order valence-electron chi connectivity index (χ1n) is 17.2. The maximum absolute atomic E-state index is 13.2. The molecule has 2 aromatic heterocycles. The van der Waals surface area contributed by atoms with Crippen LogP contribution in [-0.4, -0.2) is 148 Å². The zero-order valence-electron chi connectivity index (χ0n) is 30.6. The lowest BCUT2D eigenvalue weighted by atomic mass is 9.88. The Morgan fingerprint density at radius 1 is 1.16 bits per heavy atom. The number of phosphoric acid groups is 1. The van der Waals surface area contributed by atoms with Gasteiger partial charge in [0.15, 0.2) is 6.23 Å². The second kappa shape index (κ2) is 17.9. The molecule has 2 aliphatic heterocycles. The van der Waals surface area contributed by atoms with Gasteiger partial charge in [0.1, 0.15) is 42.4 Å². The Morgan fingerprint density at radius 3 is 2.48 bits per heavy atom. The van der Waals surface area contributed by atoms with E-state index in [-0.39, 0.29) is 29.4 Å². The summed E-state index contributed by atoms with van der Waals surface area (Å²) >= 11 is 0. The third-order valence-corrected chi connectivity index (χ3v) is 11.3. The van der Waals surface area contributed by atoms with Crippen molar-refractivity contribution >= 4 is 35.6 Å². The standard InChI is InChI=1S/C31H42N7O18PS/c1-15-3-5-18(6-4-15)58(50,51)53-10-8-17-12-37(36-35-17)13-20(41)24(42)27-23(33-16(2)39)19(40)11-31(55-27,29(45)46)56-57(48,49)52-14-21-25(43)26(44)28(54-21)38-9-7-22(32)34-30(38)47/h3-7,9,12,19-21,23-28,40-44H,8,10-11,13-14H2,1-2H3,(H,33,39)(H,45,46)(H,48,49)(H2,32,34,47)/t19-,20+,21+,23+,24+,25+,26+,27+,28+,31+/m0/s1. The van der Waals surface area contributed by atoms with Crippen LogP contribution in [-0.2, 0) is 59.9 Å². The van der Waals surface area contributed by atoms with Crippen LogP contribution in [0.1, 0.15) is 30.8 Å². The highest BCUT2D eigenvalue weighted by molar-refractivity contribution is 7.86. The molecule has 0 aliphatic carbocycles. The van der Waals surface area contributed by atoms with Gasteiger partial charge in [-0.2, -0.15) is 13.4 Å². The van der Waals surface area contributed by atoms with E-state index in [0.717, 1.165) is 27.9 Å². The first-order chi connectivity index (χ1) is 27.1. The molecular weight excluding hydrogens is 821 g/mol. The number of rotatable bonds is 17. The number of hydrogen-bond donors (Lipinski definition) is 9. The van der Waals surface area contributed by atoms with Crippen LogP contribution in [0.5, 0.6) is 0 Å². The Bertz CT molecular complexity index is 2160. The molecule has 3 aromatic rings. The number of hydrogen-bond acceptors (Lipinski definition) is 20. The third kappa shape index (κ3) is 10.5. The van der Waals surface area contributed by atoms with Crippen LogP contribution in [0.4, 0.5) is 5.82 Å². The van der Waals surface area contributed by atoms with Gasteiger partial charge >= 0.3 is 19.5 Å². The van der Waals surface area contributed by atoms with E-state index in [1.54, 1.807) is 19.1 Å². The van der Waals surface area contributed by atoms with Gasteiger partial charge in [0.2, 0.25) is 5.91 Å². The zero-order valence-corrected chi connectivity index (χ0v) is 32.3. The van der Waals surface area contributed by atoms with Crippen LogP contribution < -0.4 is 16.7 Å². The van der Waals surface area contributed by atoms with Gasteiger partial charge in [-0.1, -0.05) is 22.9 Å². The highest BCUT2D eigenvalue weighted by Gasteiger charge is 2.59. The normalized spacial score (nSPS) is 28.4. The van der Waals surface area contributed by atoms with Crippen molar-refractivity contribution < 1.29 is 80.8 Å². The number of aromatic nitrogens is 5. The number of aliphatic carboxylic acids is 1. The molecule has 25 nitrogen and oxygen atoms in total. The predicted molar refractivity (Wildman–Crippen MR) is 189 cm³/mol. The van der Waals surface area contributed by atoms with Crippen LogP contribution in [0.3, 0.4) is 0 Å².